The summed E-state index contributed by atoms with van der Waals surface area (Å²) in [5.41, 5.74) is 0.823. The first kappa shape index (κ1) is 16.5. The Morgan fingerprint density at radius 1 is 0.963 bits per heavy atom. The molecule has 0 atom stereocenters. The molecule has 1 N–H and O–H groups in total. The number of rotatable bonds is 3. The van der Waals surface area contributed by atoms with Crippen LogP contribution in [-0.2, 0) is 9.47 Å². The molecule has 2 aromatic rings. The van der Waals surface area contributed by atoms with Crippen LogP contribution in [0.4, 0.5) is 17.5 Å². The molecule has 0 bridgehead atoms. The molecule has 5 rings (SSSR count). The maximum atomic E-state index is 5.78. The van der Waals surface area contributed by atoms with Crippen molar-refractivity contribution in [1.82, 2.24) is 15.2 Å². The Morgan fingerprint density at radius 3 is 2.56 bits per heavy atom. The van der Waals surface area contributed by atoms with Gasteiger partial charge in [0.1, 0.15) is 13.2 Å². The summed E-state index contributed by atoms with van der Waals surface area (Å²) in [7, 11) is 0. The maximum Gasteiger partial charge on any atom is 0.249 e. The second kappa shape index (κ2) is 6.82. The zero-order chi connectivity index (χ0) is 18.1. The van der Waals surface area contributed by atoms with Crippen LogP contribution >= 0.6 is 0 Å². The quantitative estimate of drug-likeness (QED) is 0.866. The lowest BCUT2D eigenvalue weighted by Gasteiger charge is -2.37. The van der Waals surface area contributed by atoms with Crippen LogP contribution in [0.2, 0.25) is 0 Å². The average molecular weight is 371 g/mol. The van der Waals surface area contributed by atoms with Crippen molar-refractivity contribution in [2.75, 3.05) is 49.7 Å². The summed E-state index contributed by atoms with van der Waals surface area (Å²) in [5, 5.41) is 11.4. The highest BCUT2D eigenvalue weighted by atomic mass is 16.7. The van der Waals surface area contributed by atoms with E-state index in [1.165, 1.54) is 0 Å². The fraction of sp³-hybridized carbons (Fsp3) is 0.500. The van der Waals surface area contributed by atoms with Gasteiger partial charge in [-0.05, 0) is 12.1 Å². The summed E-state index contributed by atoms with van der Waals surface area (Å²) in [5.74, 6) is 2.30. The lowest BCUT2D eigenvalue weighted by atomic mass is 10.0. The number of hydrogen-bond donors (Lipinski definition) is 1. The van der Waals surface area contributed by atoms with Gasteiger partial charge >= 0.3 is 0 Å². The number of hydrogen-bond acceptors (Lipinski definition) is 9. The predicted molar refractivity (Wildman–Crippen MR) is 96.6 cm³/mol. The SMILES string of the molecule is c1cc2c(cc1Nc1nncc(N3CCC4(CC3)OCCO4)n1)OCCO2. The summed E-state index contributed by atoms with van der Waals surface area (Å²) in [4.78, 5) is 6.79. The molecule has 142 valence electrons. The summed E-state index contributed by atoms with van der Waals surface area (Å²) in [6.45, 7) is 4.09. The summed E-state index contributed by atoms with van der Waals surface area (Å²) in [6.07, 6.45) is 3.33. The van der Waals surface area contributed by atoms with Gasteiger partial charge in [0.05, 0.1) is 19.4 Å². The van der Waals surface area contributed by atoms with E-state index in [9.17, 15) is 0 Å². The van der Waals surface area contributed by atoms with Gasteiger partial charge in [0.25, 0.3) is 0 Å². The van der Waals surface area contributed by atoms with Crippen LogP contribution in [0.15, 0.2) is 24.4 Å². The molecule has 0 amide bonds. The lowest BCUT2D eigenvalue weighted by molar-refractivity contribution is -0.169. The van der Waals surface area contributed by atoms with Crippen molar-refractivity contribution < 1.29 is 18.9 Å². The van der Waals surface area contributed by atoms with Crippen molar-refractivity contribution in [3.63, 3.8) is 0 Å². The topological polar surface area (TPSA) is 90.9 Å². The van der Waals surface area contributed by atoms with Crippen LogP contribution in [0, 0.1) is 0 Å². The van der Waals surface area contributed by atoms with Crippen LogP contribution in [-0.4, -0.2) is 60.5 Å². The van der Waals surface area contributed by atoms with Crippen molar-refractivity contribution in [2.24, 2.45) is 0 Å². The summed E-state index contributed by atoms with van der Waals surface area (Å²) < 4.78 is 22.7. The Kier molecular flexibility index (Phi) is 4.17. The second-order valence-corrected chi connectivity index (χ2v) is 6.72. The Hall–Kier alpha value is -2.65. The molecule has 3 aliphatic rings. The number of nitrogens with zero attached hydrogens (tertiary/aromatic N) is 4. The molecule has 0 aliphatic carbocycles. The molecule has 4 heterocycles. The highest BCUT2D eigenvalue weighted by molar-refractivity contribution is 5.60. The number of benzene rings is 1. The van der Waals surface area contributed by atoms with Crippen LogP contribution < -0.4 is 19.7 Å². The molecule has 0 unspecified atom stereocenters. The summed E-state index contributed by atoms with van der Waals surface area (Å²) >= 11 is 0. The van der Waals surface area contributed by atoms with E-state index >= 15 is 0 Å². The van der Waals surface area contributed by atoms with Crippen LogP contribution in [0.3, 0.4) is 0 Å². The van der Waals surface area contributed by atoms with Crippen molar-refractivity contribution in [1.29, 1.82) is 0 Å². The van der Waals surface area contributed by atoms with Crippen LogP contribution in [0.5, 0.6) is 11.5 Å². The highest BCUT2D eigenvalue weighted by Crippen LogP contribution is 2.34. The first-order chi connectivity index (χ1) is 13.3. The van der Waals surface area contributed by atoms with Gasteiger partial charge in [-0.3, -0.25) is 0 Å². The van der Waals surface area contributed by atoms with Crippen molar-refractivity contribution >= 4 is 17.5 Å². The van der Waals surface area contributed by atoms with E-state index < -0.39 is 5.79 Å². The van der Waals surface area contributed by atoms with Gasteiger partial charge in [0.2, 0.25) is 5.95 Å². The predicted octanol–water partition coefficient (Wildman–Crippen LogP) is 1.73. The van der Waals surface area contributed by atoms with Crippen LogP contribution in [0.1, 0.15) is 12.8 Å². The Bertz CT molecular complexity index is 817. The molecule has 2 saturated heterocycles. The third kappa shape index (κ3) is 3.35. The molecule has 1 aromatic carbocycles. The highest BCUT2D eigenvalue weighted by Gasteiger charge is 2.40. The number of anilines is 3. The minimum Gasteiger partial charge on any atom is -0.486 e. The molecule has 27 heavy (non-hydrogen) atoms. The molecule has 1 aromatic heterocycles. The minimum atomic E-state index is -0.400. The maximum absolute atomic E-state index is 5.78. The molecular formula is C18H21N5O4. The molecular weight excluding hydrogens is 350 g/mol. The largest absolute Gasteiger partial charge is 0.486 e. The van der Waals surface area contributed by atoms with E-state index in [0.29, 0.717) is 38.1 Å². The molecule has 0 radical (unpaired) electrons. The third-order valence-corrected chi connectivity index (χ3v) is 5.01. The smallest absolute Gasteiger partial charge is 0.249 e. The van der Waals surface area contributed by atoms with Crippen molar-refractivity contribution in [3.8, 4) is 11.5 Å². The van der Waals surface area contributed by atoms with E-state index in [2.05, 4.69) is 25.4 Å². The summed E-state index contributed by atoms with van der Waals surface area (Å²) in [6, 6.07) is 5.66. The Balaban J connectivity index is 1.28. The van der Waals surface area contributed by atoms with E-state index in [4.69, 9.17) is 18.9 Å². The van der Waals surface area contributed by atoms with Gasteiger partial charge in [0, 0.05) is 37.7 Å². The van der Waals surface area contributed by atoms with Gasteiger partial charge in [0.15, 0.2) is 23.1 Å². The number of fused-ring (bicyclic) bond motifs is 1. The van der Waals surface area contributed by atoms with Crippen molar-refractivity contribution in [3.05, 3.63) is 24.4 Å². The average Bonchev–Trinajstić information content (AvgIpc) is 3.17. The zero-order valence-corrected chi connectivity index (χ0v) is 14.9. The molecule has 0 saturated carbocycles. The number of nitrogens with one attached hydrogen (secondary N) is 1. The number of ether oxygens (including phenoxy) is 4. The molecule has 3 aliphatic heterocycles. The number of aromatic nitrogens is 3. The van der Waals surface area contributed by atoms with E-state index in [1.807, 2.05) is 18.2 Å². The fourth-order valence-corrected chi connectivity index (χ4v) is 3.61. The molecule has 1 spiro atoms. The first-order valence-electron chi connectivity index (χ1n) is 9.19. The first-order valence-corrected chi connectivity index (χ1v) is 9.19. The van der Waals surface area contributed by atoms with Crippen molar-refractivity contribution in [2.45, 2.75) is 18.6 Å². The standard InChI is InChI=1S/C18H21N5O4/c1-2-14-15(25-8-7-24-14)11-13(1)20-17-21-16(12-19-22-17)23-5-3-18(4-6-23)26-9-10-27-18/h1-2,11-12H,3-10H2,(H,20,21,22). The lowest BCUT2D eigenvalue weighted by Crippen LogP contribution is -2.45. The van der Waals surface area contributed by atoms with Gasteiger partial charge in [-0.15, -0.1) is 5.10 Å². The van der Waals surface area contributed by atoms with E-state index in [1.54, 1.807) is 6.20 Å². The molecule has 9 nitrogen and oxygen atoms in total. The second-order valence-electron chi connectivity index (χ2n) is 6.72. The Labute approximate surface area is 156 Å². The molecule has 9 heteroatoms. The fourth-order valence-electron chi connectivity index (χ4n) is 3.61. The van der Waals surface area contributed by atoms with E-state index in [0.717, 1.165) is 43.2 Å². The van der Waals surface area contributed by atoms with Gasteiger partial charge in [-0.2, -0.15) is 10.1 Å². The van der Waals surface area contributed by atoms with Crippen LogP contribution in [0.25, 0.3) is 0 Å². The normalized spacial score (nSPS) is 20.7. The van der Waals surface area contributed by atoms with E-state index in [-0.39, 0.29) is 0 Å². The monoisotopic (exact) mass is 371 g/mol. The minimum absolute atomic E-state index is 0.400. The Morgan fingerprint density at radius 2 is 1.74 bits per heavy atom. The van der Waals surface area contributed by atoms with Gasteiger partial charge < -0.3 is 29.2 Å². The zero-order valence-electron chi connectivity index (χ0n) is 14.9. The molecule has 2 fully saturated rings. The van der Waals surface area contributed by atoms with Gasteiger partial charge in [-0.1, -0.05) is 0 Å². The number of piperidine rings is 1. The van der Waals surface area contributed by atoms with Gasteiger partial charge in [-0.25, -0.2) is 0 Å². The third-order valence-electron chi connectivity index (χ3n) is 5.01.